The summed E-state index contributed by atoms with van der Waals surface area (Å²) in [5.74, 6) is 1.67. The molecule has 2 aromatic rings. The normalized spacial score (nSPS) is 10.7. The SMILES string of the molecule is Cn1c(SCCCCl)nnc1-c1ccc(C(N)=O)cn1. The molecule has 106 valence electrons. The molecule has 2 N–H and O–H groups in total. The third-order valence-electron chi connectivity index (χ3n) is 2.62. The number of pyridine rings is 1. The predicted octanol–water partition coefficient (Wildman–Crippen LogP) is 1.70. The molecule has 0 bridgehead atoms. The van der Waals surface area contributed by atoms with Gasteiger partial charge in [-0.3, -0.25) is 9.78 Å². The maximum absolute atomic E-state index is 11.0. The minimum absolute atomic E-state index is 0.368. The first kappa shape index (κ1) is 14.8. The average molecular weight is 312 g/mol. The van der Waals surface area contributed by atoms with E-state index in [-0.39, 0.29) is 0 Å². The zero-order valence-corrected chi connectivity index (χ0v) is 12.5. The molecule has 0 fully saturated rings. The fraction of sp³-hybridized carbons (Fsp3) is 0.333. The molecule has 8 heteroatoms. The summed E-state index contributed by atoms with van der Waals surface area (Å²) in [6.07, 6.45) is 2.35. The van der Waals surface area contributed by atoms with E-state index in [1.54, 1.807) is 23.9 Å². The summed E-state index contributed by atoms with van der Waals surface area (Å²) in [6, 6.07) is 3.33. The van der Waals surface area contributed by atoms with Gasteiger partial charge in [-0.2, -0.15) is 0 Å². The monoisotopic (exact) mass is 311 g/mol. The molecule has 0 spiro atoms. The second-order valence-corrected chi connectivity index (χ2v) is 5.49. The van der Waals surface area contributed by atoms with Crippen LogP contribution < -0.4 is 5.73 Å². The van der Waals surface area contributed by atoms with Gasteiger partial charge in [-0.05, 0) is 18.6 Å². The van der Waals surface area contributed by atoms with Crippen LogP contribution in [0.25, 0.3) is 11.5 Å². The lowest BCUT2D eigenvalue weighted by molar-refractivity contribution is 0.1000. The van der Waals surface area contributed by atoms with E-state index < -0.39 is 5.91 Å². The number of hydrogen-bond donors (Lipinski definition) is 1. The molecule has 0 atom stereocenters. The van der Waals surface area contributed by atoms with Crippen molar-refractivity contribution in [1.29, 1.82) is 0 Å². The van der Waals surface area contributed by atoms with Gasteiger partial charge < -0.3 is 10.3 Å². The summed E-state index contributed by atoms with van der Waals surface area (Å²) in [6.45, 7) is 0. The van der Waals surface area contributed by atoms with Crippen LogP contribution in [0.5, 0.6) is 0 Å². The predicted molar refractivity (Wildman–Crippen MR) is 78.8 cm³/mol. The molecule has 0 unspecified atom stereocenters. The van der Waals surface area contributed by atoms with Crippen molar-refractivity contribution in [3.8, 4) is 11.5 Å². The molecule has 0 aliphatic heterocycles. The smallest absolute Gasteiger partial charge is 0.250 e. The van der Waals surface area contributed by atoms with E-state index in [1.807, 2.05) is 11.6 Å². The van der Waals surface area contributed by atoms with Gasteiger partial charge in [0, 0.05) is 24.9 Å². The molecule has 2 rings (SSSR count). The zero-order valence-electron chi connectivity index (χ0n) is 10.9. The number of halogens is 1. The Morgan fingerprint density at radius 3 is 2.85 bits per heavy atom. The topological polar surface area (TPSA) is 86.7 Å². The quantitative estimate of drug-likeness (QED) is 0.498. The number of aromatic nitrogens is 4. The van der Waals surface area contributed by atoms with Crippen molar-refractivity contribution in [3.63, 3.8) is 0 Å². The fourth-order valence-electron chi connectivity index (χ4n) is 1.55. The molecule has 2 heterocycles. The molecule has 6 nitrogen and oxygen atoms in total. The number of carbonyl (C=O) groups is 1. The van der Waals surface area contributed by atoms with Crippen LogP contribution in [0.1, 0.15) is 16.8 Å². The molecule has 1 amide bonds. The van der Waals surface area contributed by atoms with Gasteiger partial charge in [0.15, 0.2) is 11.0 Å². The van der Waals surface area contributed by atoms with E-state index in [4.69, 9.17) is 17.3 Å². The van der Waals surface area contributed by atoms with E-state index in [1.165, 1.54) is 6.20 Å². The van der Waals surface area contributed by atoms with Crippen molar-refractivity contribution in [1.82, 2.24) is 19.7 Å². The van der Waals surface area contributed by atoms with Gasteiger partial charge in [-0.15, -0.1) is 21.8 Å². The maximum Gasteiger partial charge on any atom is 0.250 e. The third-order valence-corrected chi connectivity index (χ3v) is 3.99. The molecule has 0 saturated carbocycles. The summed E-state index contributed by atoms with van der Waals surface area (Å²) in [4.78, 5) is 15.2. The number of alkyl halides is 1. The second kappa shape index (κ2) is 6.71. The number of primary amides is 1. The molecule has 0 aliphatic carbocycles. The van der Waals surface area contributed by atoms with Gasteiger partial charge in [-0.25, -0.2) is 0 Å². The lowest BCUT2D eigenvalue weighted by atomic mass is 10.2. The van der Waals surface area contributed by atoms with Crippen LogP contribution in [0, 0.1) is 0 Å². The standard InChI is InChI=1S/C12H14ClN5OS/c1-18-11(16-17-12(18)20-6-2-5-13)9-4-3-8(7-15-9)10(14)19/h3-4,7H,2,5-6H2,1H3,(H2,14,19). The molecule has 0 radical (unpaired) electrons. The second-order valence-electron chi connectivity index (χ2n) is 4.05. The van der Waals surface area contributed by atoms with Gasteiger partial charge in [-0.1, -0.05) is 11.8 Å². The number of thioether (sulfide) groups is 1. The highest BCUT2D eigenvalue weighted by atomic mass is 35.5. The summed E-state index contributed by atoms with van der Waals surface area (Å²) < 4.78 is 1.87. The van der Waals surface area contributed by atoms with Crippen molar-refractivity contribution < 1.29 is 4.79 Å². The number of nitrogens with zero attached hydrogens (tertiary/aromatic N) is 4. The van der Waals surface area contributed by atoms with Gasteiger partial charge in [0.25, 0.3) is 0 Å². The van der Waals surface area contributed by atoms with Crippen LogP contribution in [-0.2, 0) is 7.05 Å². The number of hydrogen-bond acceptors (Lipinski definition) is 5. The molecule has 0 aliphatic rings. The van der Waals surface area contributed by atoms with Crippen LogP contribution >= 0.6 is 23.4 Å². The van der Waals surface area contributed by atoms with Crippen LogP contribution in [0.4, 0.5) is 0 Å². The molecule has 20 heavy (non-hydrogen) atoms. The number of amides is 1. The van der Waals surface area contributed by atoms with Crippen molar-refractivity contribution in [3.05, 3.63) is 23.9 Å². The Labute approximate surface area is 125 Å². The van der Waals surface area contributed by atoms with Gasteiger partial charge >= 0.3 is 0 Å². The maximum atomic E-state index is 11.0. The Hall–Kier alpha value is -1.60. The number of carbonyl (C=O) groups excluding carboxylic acids is 1. The van der Waals surface area contributed by atoms with E-state index >= 15 is 0 Å². The Balaban J connectivity index is 2.18. The highest BCUT2D eigenvalue weighted by Crippen LogP contribution is 2.21. The molecular weight excluding hydrogens is 298 g/mol. The van der Waals surface area contributed by atoms with Gasteiger partial charge in [0.05, 0.1) is 5.56 Å². The van der Waals surface area contributed by atoms with Crippen molar-refractivity contribution >= 4 is 29.3 Å². The van der Waals surface area contributed by atoms with Gasteiger partial charge in [0.1, 0.15) is 5.69 Å². The Bertz CT molecular complexity index is 598. The molecule has 2 aromatic heterocycles. The summed E-state index contributed by atoms with van der Waals surface area (Å²) in [7, 11) is 1.88. The number of rotatable bonds is 6. The third kappa shape index (κ3) is 3.29. The van der Waals surface area contributed by atoms with Crippen LogP contribution in [-0.4, -0.2) is 37.3 Å². The van der Waals surface area contributed by atoms with Crippen LogP contribution in [0.2, 0.25) is 0 Å². The zero-order chi connectivity index (χ0) is 14.5. The first-order chi connectivity index (χ1) is 9.63. The Kier molecular flexibility index (Phi) is 4.97. The molecular formula is C12H14ClN5OS. The molecule has 0 saturated heterocycles. The average Bonchev–Trinajstić information content (AvgIpc) is 2.81. The van der Waals surface area contributed by atoms with E-state index in [2.05, 4.69) is 15.2 Å². The highest BCUT2D eigenvalue weighted by Gasteiger charge is 2.12. The lowest BCUT2D eigenvalue weighted by Gasteiger charge is -2.03. The van der Waals surface area contributed by atoms with Crippen molar-refractivity contribution in [2.45, 2.75) is 11.6 Å². The minimum Gasteiger partial charge on any atom is -0.366 e. The summed E-state index contributed by atoms with van der Waals surface area (Å²) in [5, 5.41) is 9.05. The van der Waals surface area contributed by atoms with Crippen LogP contribution in [0.3, 0.4) is 0 Å². The van der Waals surface area contributed by atoms with E-state index in [0.717, 1.165) is 17.3 Å². The van der Waals surface area contributed by atoms with Crippen LogP contribution in [0.15, 0.2) is 23.5 Å². The number of nitrogens with two attached hydrogens (primary N) is 1. The first-order valence-electron chi connectivity index (χ1n) is 5.98. The lowest BCUT2D eigenvalue weighted by Crippen LogP contribution is -2.11. The Morgan fingerprint density at radius 1 is 1.45 bits per heavy atom. The Morgan fingerprint density at radius 2 is 2.25 bits per heavy atom. The van der Waals surface area contributed by atoms with Gasteiger partial charge in [0.2, 0.25) is 5.91 Å². The fourth-order valence-corrected chi connectivity index (χ4v) is 2.70. The first-order valence-corrected chi connectivity index (χ1v) is 7.50. The largest absolute Gasteiger partial charge is 0.366 e. The minimum atomic E-state index is -0.501. The van der Waals surface area contributed by atoms with E-state index in [0.29, 0.717) is 23.0 Å². The summed E-state index contributed by atoms with van der Waals surface area (Å²) in [5.41, 5.74) is 6.19. The van der Waals surface area contributed by atoms with Crippen molar-refractivity contribution in [2.75, 3.05) is 11.6 Å². The van der Waals surface area contributed by atoms with E-state index in [9.17, 15) is 4.79 Å². The van der Waals surface area contributed by atoms with Crippen molar-refractivity contribution in [2.24, 2.45) is 12.8 Å². The summed E-state index contributed by atoms with van der Waals surface area (Å²) >= 11 is 7.24. The molecule has 0 aromatic carbocycles. The highest BCUT2D eigenvalue weighted by molar-refractivity contribution is 7.99.